The van der Waals surface area contributed by atoms with Crippen LogP contribution in [0.4, 0.5) is 10.6 Å². The molecule has 0 aliphatic carbocycles. The van der Waals surface area contributed by atoms with Gasteiger partial charge < -0.3 is 9.42 Å². The Morgan fingerprint density at radius 2 is 2.09 bits per heavy atom. The molecule has 2 amide bonds. The van der Waals surface area contributed by atoms with Crippen LogP contribution in [0.3, 0.4) is 0 Å². The summed E-state index contributed by atoms with van der Waals surface area (Å²) in [7, 11) is 1.73. The van der Waals surface area contributed by atoms with Crippen molar-refractivity contribution in [2.24, 2.45) is 5.92 Å². The second kappa shape index (κ2) is 8.61. The van der Waals surface area contributed by atoms with Crippen molar-refractivity contribution in [1.29, 1.82) is 0 Å². The molecular weight excluding hydrogens is 278 g/mol. The van der Waals surface area contributed by atoms with Crippen molar-refractivity contribution in [2.45, 2.75) is 59.3 Å². The van der Waals surface area contributed by atoms with Crippen LogP contribution in [-0.4, -0.2) is 23.1 Å². The molecule has 1 aromatic heterocycles. The van der Waals surface area contributed by atoms with E-state index in [4.69, 9.17) is 4.52 Å². The van der Waals surface area contributed by atoms with Gasteiger partial charge in [0.05, 0.1) is 0 Å². The highest BCUT2D eigenvalue weighted by Gasteiger charge is 2.18. The zero-order valence-corrected chi connectivity index (χ0v) is 14.5. The zero-order chi connectivity index (χ0) is 16.7. The molecular formula is C17H29N3O2. The predicted molar refractivity (Wildman–Crippen MR) is 89.8 cm³/mol. The number of unbranched alkanes of at least 4 members (excludes halogenated alkanes) is 2. The van der Waals surface area contributed by atoms with Crippen LogP contribution in [0.25, 0.3) is 0 Å². The molecule has 1 atom stereocenters. The molecule has 22 heavy (non-hydrogen) atoms. The molecule has 0 bridgehead atoms. The van der Waals surface area contributed by atoms with Crippen LogP contribution in [0.2, 0.25) is 0 Å². The number of carbonyl (C=O) groups is 1. The molecule has 1 aromatic rings. The number of rotatable bonds is 8. The first-order chi connectivity index (χ1) is 10.4. The molecule has 1 unspecified atom stereocenters. The Bertz CT molecular complexity index is 494. The van der Waals surface area contributed by atoms with Crippen molar-refractivity contribution in [3.05, 3.63) is 24.1 Å². The fourth-order valence-corrected chi connectivity index (χ4v) is 2.14. The minimum atomic E-state index is -0.240. The first-order valence-corrected chi connectivity index (χ1v) is 8.06. The van der Waals surface area contributed by atoms with Gasteiger partial charge in [-0.3, -0.25) is 5.32 Å². The number of urea groups is 1. The summed E-state index contributed by atoms with van der Waals surface area (Å²) in [5, 5.41) is 6.60. The zero-order valence-electron chi connectivity index (χ0n) is 14.5. The van der Waals surface area contributed by atoms with Crippen LogP contribution in [0.5, 0.6) is 0 Å². The number of carbonyl (C=O) groups excluding carboxylic acids is 1. The Labute approximate surface area is 133 Å². The molecule has 0 spiro atoms. The molecule has 0 saturated heterocycles. The first-order valence-electron chi connectivity index (χ1n) is 8.06. The van der Waals surface area contributed by atoms with Crippen LogP contribution < -0.4 is 5.32 Å². The quantitative estimate of drug-likeness (QED) is 0.688. The Kier molecular flexibility index (Phi) is 7.15. The highest BCUT2D eigenvalue weighted by Crippen LogP contribution is 2.21. The number of aromatic nitrogens is 1. The van der Waals surface area contributed by atoms with E-state index in [2.05, 4.69) is 30.9 Å². The van der Waals surface area contributed by atoms with E-state index >= 15 is 0 Å². The SMILES string of the molecule is C=C(C(C)CCCCC)N(C)C(=O)Nc1cc(C(C)C)on1. The van der Waals surface area contributed by atoms with Gasteiger partial charge in [-0.05, 0) is 12.3 Å². The van der Waals surface area contributed by atoms with Crippen molar-refractivity contribution in [1.82, 2.24) is 10.1 Å². The van der Waals surface area contributed by atoms with Gasteiger partial charge in [-0.15, -0.1) is 0 Å². The summed E-state index contributed by atoms with van der Waals surface area (Å²) in [5.41, 5.74) is 0.821. The number of anilines is 1. The molecule has 0 aliphatic heterocycles. The van der Waals surface area contributed by atoms with Gasteiger partial charge in [-0.2, -0.15) is 0 Å². The maximum Gasteiger partial charge on any atom is 0.327 e. The van der Waals surface area contributed by atoms with Crippen LogP contribution in [0.15, 0.2) is 22.9 Å². The number of nitrogens with zero attached hydrogens (tertiary/aromatic N) is 2. The molecule has 1 N–H and O–H groups in total. The minimum absolute atomic E-state index is 0.240. The Balaban J connectivity index is 2.54. The standard InChI is InChI=1S/C17H29N3O2/c1-7-8-9-10-13(4)14(5)20(6)17(21)18-16-11-15(12(2)3)22-19-16/h11-13H,5,7-10H2,1-4,6H3,(H,18,19,21). The van der Waals surface area contributed by atoms with Crippen LogP contribution in [0.1, 0.15) is 65.1 Å². The van der Waals surface area contributed by atoms with Gasteiger partial charge in [0.25, 0.3) is 0 Å². The van der Waals surface area contributed by atoms with Gasteiger partial charge in [-0.1, -0.05) is 58.7 Å². The van der Waals surface area contributed by atoms with E-state index in [1.165, 1.54) is 12.8 Å². The van der Waals surface area contributed by atoms with Crippen molar-refractivity contribution >= 4 is 11.8 Å². The van der Waals surface area contributed by atoms with E-state index < -0.39 is 0 Å². The van der Waals surface area contributed by atoms with Crippen molar-refractivity contribution in [3.8, 4) is 0 Å². The average molecular weight is 307 g/mol. The summed E-state index contributed by atoms with van der Waals surface area (Å²) in [6.45, 7) is 12.4. The summed E-state index contributed by atoms with van der Waals surface area (Å²) < 4.78 is 5.17. The number of hydrogen-bond acceptors (Lipinski definition) is 3. The second-order valence-corrected chi connectivity index (χ2v) is 6.15. The summed E-state index contributed by atoms with van der Waals surface area (Å²) in [5.74, 6) is 1.71. The third kappa shape index (κ3) is 5.20. The van der Waals surface area contributed by atoms with Gasteiger partial charge in [0.2, 0.25) is 0 Å². The van der Waals surface area contributed by atoms with Crippen molar-refractivity contribution in [2.75, 3.05) is 12.4 Å². The van der Waals surface area contributed by atoms with Gasteiger partial charge in [0.1, 0.15) is 5.76 Å². The van der Waals surface area contributed by atoms with E-state index in [-0.39, 0.29) is 17.9 Å². The monoisotopic (exact) mass is 307 g/mol. The first kappa shape index (κ1) is 18.3. The average Bonchev–Trinajstić information content (AvgIpc) is 2.94. The molecule has 0 fully saturated rings. The minimum Gasteiger partial charge on any atom is -0.359 e. The predicted octanol–water partition coefficient (Wildman–Crippen LogP) is 4.99. The second-order valence-electron chi connectivity index (χ2n) is 6.15. The number of allylic oxidation sites excluding steroid dienone is 1. The fraction of sp³-hybridized carbons (Fsp3) is 0.647. The van der Waals surface area contributed by atoms with Crippen molar-refractivity contribution in [3.63, 3.8) is 0 Å². The molecule has 0 radical (unpaired) electrons. The smallest absolute Gasteiger partial charge is 0.327 e. The fourth-order valence-electron chi connectivity index (χ4n) is 2.14. The molecule has 0 aliphatic rings. The lowest BCUT2D eigenvalue weighted by atomic mass is 10.00. The Morgan fingerprint density at radius 1 is 1.41 bits per heavy atom. The van der Waals surface area contributed by atoms with Gasteiger partial charge >= 0.3 is 6.03 Å². The summed E-state index contributed by atoms with van der Waals surface area (Å²) in [6, 6.07) is 1.51. The largest absolute Gasteiger partial charge is 0.359 e. The van der Waals surface area contributed by atoms with Crippen LogP contribution in [0, 0.1) is 5.92 Å². The third-order valence-electron chi connectivity index (χ3n) is 3.88. The van der Waals surface area contributed by atoms with E-state index in [1.54, 1.807) is 18.0 Å². The lowest BCUT2D eigenvalue weighted by molar-refractivity contribution is 0.227. The van der Waals surface area contributed by atoms with E-state index in [0.29, 0.717) is 5.82 Å². The molecule has 5 nitrogen and oxygen atoms in total. The maximum atomic E-state index is 12.2. The highest BCUT2D eigenvalue weighted by molar-refractivity contribution is 5.89. The molecule has 0 saturated carbocycles. The third-order valence-corrected chi connectivity index (χ3v) is 3.88. The maximum absolute atomic E-state index is 12.2. The van der Waals surface area contributed by atoms with E-state index in [9.17, 15) is 4.79 Å². The molecule has 1 rings (SSSR count). The number of nitrogens with one attached hydrogen (secondary N) is 1. The highest BCUT2D eigenvalue weighted by atomic mass is 16.5. The normalized spacial score (nSPS) is 12.3. The summed E-state index contributed by atoms with van der Waals surface area (Å²) in [4.78, 5) is 13.8. The lowest BCUT2D eigenvalue weighted by Crippen LogP contribution is -2.32. The molecule has 0 aromatic carbocycles. The lowest BCUT2D eigenvalue weighted by Gasteiger charge is -2.24. The topological polar surface area (TPSA) is 58.4 Å². The van der Waals surface area contributed by atoms with Crippen LogP contribution >= 0.6 is 0 Å². The van der Waals surface area contributed by atoms with Gasteiger partial charge in [0.15, 0.2) is 5.82 Å². The number of amides is 2. The van der Waals surface area contributed by atoms with Crippen LogP contribution in [-0.2, 0) is 0 Å². The Hall–Kier alpha value is -1.78. The van der Waals surface area contributed by atoms with E-state index in [0.717, 1.165) is 24.3 Å². The van der Waals surface area contributed by atoms with Crippen molar-refractivity contribution < 1.29 is 9.32 Å². The Morgan fingerprint density at radius 3 is 2.64 bits per heavy atom. The summed E-state index contributed by atoms with van der Waals surface area (Å²) >= 11 is 0. The van der Waals surface area contributed by atoms with Gasteiger partial charge in [0, 0.05) is 24.7 Å². The molecule has 124 valence electrons. The summed E-state index contributed by atoms with van der Waals surface area (Å²) in [6.07, 6.45) is 4.61. The van der Waals surface area contributed by atoms with Gasteiger partial charge in [-0.25, -0.2) is 4.79 Å². The molecule has 5 heteroatoms. The molecule has 1 heterocycles. The number of hydrogen-bond donors (Lipinski definition) is 1. The van der Waals surface area contributed by atoms with E-state index in [1.807, 2.05) is 13.8 Å².